The fourth-order valence-electron chi connectivity index (χ4n) is 1.70. The van der Waals surface area contributed by atoms with E-state index in [0.717, 1.165) is 39.4 Å². The number of hydrogen-bond donors (Lipinski definition) is 1. The lowest BCUT2D eigenvalue weighted by Crippen LogP contribution is -2.22. The summed E-state index contributed by atoms with van der Waals surface area (Å²) in [5, 5.41) is 3.44. The van der Waals surface area contributed by atoms with Crippen molar-refractivity contribution in [1.82, 2.24) is 10.2 Å². The number of ether oxygens (including phenoxy) is 1. The van der Waals surface area contributed by atoms with E-state index in [9.17, 15) is 0 Å². The van der Waals surface area contributed by atoms with Gasteiger partial charge in [0.25, 0.3) is 0 Å². The predicted octanol–water partition coefficient (Wildman–Crippen LogP) is 2.72. The van der Waals surface area contributed by atoms with Crippen LogP contribution in [0, 0.1) is 0 Å². The Labute approximate surface area is 115 Å². The van der Waals surface area contributed by atoms with E-state index in [4.69, 9.17) is 4.74 Å². The van der Waals surface area contributed by atoms with Gasteiger partial charge in [-0.05, 0) is 39.1 Å². The molecular formula is C14H26N2OS. The van der Waals surface area contributed by atoms with Gasteiger partial charge in [0.2, 0.25) is 0 Å². The Kier molecular flexibility index (Phi) is 8.25. The van der Waals surface area contributed by atoms with Crippen molar-refractivity contribution in [2.75, 3.05) is 33.4 Å². The zero-order valence-corrected chi connectivity index (χ0v) is 12.7. The minimum absolute atomic E-state index is 0.806. The number of rotatable bonds is 10. The summed E-state index contributed by atoms with van der Waals surface area (Å²) < 4.78 is 5.36. The third-order valence-electron chi connectivity index (χ3n) is 2.69. The highest BCUT2D eigenvalue weighted by atomic mass is 32.1. The number of nitrogens with zero attached hydrogens (tertiary/aromatic N) is 1. The van der Waals surface area contributed by atoms with E-state index < -0.39 is 0 Å². The molecule has 0 atom stereocenters. The molecule has 0 aliphatic rings. The first-order chi connectivity index (χ1) is 8.76. The Morgan fingerprint density at radius 1 is 1.28 bits per heavy atom. The zero-order chi connectivity index (χ0) is 13.2. The van der Waals surface area contributed by atoms with Gasteiger partial charge in [-0.2, -0.15) is 0 Å². The van der Waals surface area contributed by atoms with Crippen LogP contribution in [-0.2, 0) is 17.8 Å². The molecule has 18 heavy (non-hydrogen) atoms. The van der Waals surface area contributed by atoms with Gasteiger partial charge in [0.15, 0.2) is 0 Å². The van der Waals surface area contributed by atoms with Crippen molar-refractivity contribution in [2.45, 2.75) is 33.4 Å². The van der Waals surface area contributed by atoms with E-state index in [-0.39, 0.29) is 0 Å². The summed E-state index contributed by atoms with van der Waals surface area (Å²) in [5.74, 6) is 0. The highest BCUT2D eigenvalue weighted by Gasteiger charge is 2.03. The van der Waals surface area contributed by atoms with E-state index in [1.54, 1.807) is 0 Å². The topological polar surface area (TPSA) is 24.5 Å². The third kappa shape index (κ3) is 6.50. The maximum Gasteiger partial charge on any atom is 0.0593 e. The van der Waals surface area contributed by atoms with Crippen LogP contribution in [0.2, 0.25) is 0 Å². The van der Waals surface area contributed by atoms with Crippen LogP contribution in [0.4, 0.5) is 0 Å². The standard InChI is InChI=1S/C14H26N2OS/c1-4-8-15-11-13-6-7-14(18-13)12-16(3)9-10-17-5-2/h6-7,15H,4-5,8-12H2,1-3H3. The Bertz CT molecular complexity index is 314. The number of thiophene rings is 1. The van der Waals surface area contributed by atoms with Crippen LogP contribution < -0.4 is 5.32 Å². The molecule has 0 aromatic carbocycles. The van der Waals surface area contributed by atoms with Crippen LogP contribution in [0.3, 0.4) is 0 Å². The van der Waals surface area contributed by atoms with E-state index >= 15 is 0 Å². The molecule has 0 radical (unpaired) electrons. The number of likely N-dealkylation sites (N-methyl/N-ethyl adjacent to an activating group) is 1. The van der Waals surface area contributed by atoms with Gasteiger partial charge in [-0.1, -0.05) is 6.92 Å². The minimum atomic E-state index is 0.806. The van der Waals surface area contributed by atoms with Crippen molar-refractivity contribution in [3.8, 4) is 0 Å². The van der Waals surface area contributed by atoms with Gasteiger partial charge in [0, 0.05) is 36.0 Å². The normalized spacial score (nSPS) is 11.3. The molecule has 0 aliphatic carbocycles. The zero-order valence-electron chi connectivity index (χ0n) is 11.9. The maximum atomic E-state index is 5.36. The van der Waals surface area contributed by atoms with Crippen LogP contribution in [0.25, 0.3) is 0 Å². The molecule has 1 aromatic rings. The van der Waals surface area contributed by atoms with Gasteiger partial charge >= 0.3 is 0 Å². The maximum absolute atomic E-state index is 5.36. The molecule has 0 amide bonds. The average Bonchev–Trinajstić information content (AvgIpc) is 2.77. The second-order valence-corrected chi connectivity index (χ2v) is 5.73. The van der Waals surface area contributed by atoms with Gasteiger partial charge in [0.1, 0.15) is 0 Å². The van der Waals surface area contributed by atoms with Crippen molar-refractivity contribution < 1.29 is 4.74 Å². The molecule has 0 bridgehead atoms. The molecule has 0 aliphatic heterocycles. The molecular weight excluding hydrogens is 244 g/mol. The van der Waals surface area contributed by atoms with Crippen LogP contribution in [-0.4, -0.2) is 38.3 Å². The molecule has 0 spiro atoms. The van der Waals surface area contributed by atoms with Crippen molar-refractivity contribution in [2.24, 2.45) is 0 Å². The van der Waals surface area contributed by atoms with Crippen LogP contribution in [0.15, 0.2) is 12.1 Å². The van der Waals surface area contributed by atoms with E-state index in [2.05, 4.69) is 36.3 Å². The van der Waals surface area contributed by atoms with E-state index in [0.29, 0.717) is 0 Å². The summed E-state index contributed by atoms with van der Waals surface area (Å²) in [6.07, 6.45) is 1.19. The smallest absolute Gasteiger partial charge is 0.0593 e. The highest BCUT2D eigenvalue weighted by molar-refractivity contribution is 7.11. The summed E-state index contributed by atoms with van der Waals surface area (Å²) >= 11 is 1.91. The molecule has 1 rings (SSSR count). The molecule has 0 saturated heterocycles. The lowest BCUT2D eigenvalue weighted by Gasteiger charge is -2.15. The summed E-state index contributed by atoms with van der Waals surface area (Å²) in [5.41, 5.74) is 0. The van der Waals surface area contributed by atoms with Gasteiger partial charge in [-0.25, -0.2) is 0 Å². The predicted molar refractivity (Wildman–Crippen MR) is 79.1 cm³/mol. The van der Waals surface area contributed by atoms with Crippen molar-refractivity contribution in [1.29, 1.82) is 0 Å². The van der Waals surface area contributed by atoms with E-state index in [1.165, 1.54) is 16.2 Å². The minimum Gasteiger partial charge on any atom is -0.380 e. The van der Waals surface area contributed by atoms with Gasteiger partial charge in [-0.3, -0.25) is 4.90 Å². The largest absolute Gasteiger partial charge is 0.380 e. The van der Waals surface area contributed by atoms with Gasteiger partial charge < -0.3 is 10.1 Å². The lowest BCUT2D eigenvalue weighted by molar-refractivity contribution is 0.120. The van der Waals surface area contributed by atoms with Gasteiger partial charge in [0.05, 0.1) is 6.61 Å². The van der Waals surface area contributed by atoms with Crippen molar-refractivity contribution in [3.05, 3.63) is 21.9 Å². The summed E-state index contributed by atoms with van der Waals surface area (Å²) in [4.78, 5) is 5.17. The van der Waals surface area contributed by atoms with Crippen LogP contribution >= 0.6 is 11.3 Å². The highest BCUT2D eigenvalue weighted by Crippen LogP contribution is 2.17. The molecule has 0 saturated carbocycles. The molecule has 3 nitrogen and oxygen atoms in total. The summed E-state index contributed by atoms with van der Waals surface area (Å²) in [6.45, 7) is 9.97. The third-order valence-corrected chi connectivity index (χ3v) is 3.76. The summed E-state index contributed by atoms with van der Waals surface area (Å²) in [7, 11) is 2.15. The quantitative estimate of drug-likeness (QED) is 0.662. The SMILES string of the molecule is CCCNCc1ccc(CN(C)CCOCC)s1. The first-order valence-electron chi connectivity index (χ1n) is 6.80. The monoisotopic (exact) mass is 270 g/mol. The second kappa shape index (κ2) is 9.50. The average molecular weight is 270 g/mol. The molecule has 0 fully saturated rings. The number of hydrogen-bond acceptors (Lipinski definition) is 4. The van der Waals surface area contributed by atoms with Crippen molar-refractivity contribution >= 4 is 11.3 Å². The Morgan fingerprint density at radius 2 is 2.06 bits per heavy atom. The lowest BCUT2D eigenvalue weighted by atomic mass is 10.4. The molecule has 1 heterocycles. The van der Waals surface area contributed by atoms with E-state index in [1.807, 2.05) is 18.3 Å². The second-order valence-electron chi connectivity index (χ2n) is 4.48. The first-order valence-corrected chi connectivity index (χ1v) is 7.62. The molecule has 1 aromatic heterocycles. The first kappa shape index (κ1) is 15.6. The fraction of sp³-hybridized carbons (Fsp3) is 0.714. The number of nitrogens with one attached hydrogen (secondary N) is 1. The Morgan fingerprint density at radius 3 is 2.78 bits per heavy atom. The van der Waals surface area contributed by atoms with Gasteiger partial charge in [-0.15, -0.1) is 11.3 Å². The van der Waals surface area contributed by atoms with Crippen LogP contribution in [0.5, 0.6) is 0 Å². The Hall–Kier alpha value is -0.420. The van der Waals surface area contributed by atoms with Crippen molar-refractivity contribution in [3.63, 3.8) is 0 Å². The molecule has 104 valence electrons. The molecule has 4 heteroatoms. The fourth-order valence-corrected chi connectivity index (χ4v) is 2.77. The van der Waals surface area contributed by atoms with Crippen LogP contribution in [0.1, 0.15) is 30.0 Å². The molecule has 0 unspecified atom stereocenters. The Balaban J connectivity index is 2.25. The molecule has 1 N–H and O–H groups in total. The summed E-state index contributed by atoms with van der Waals surface area (Å²) in [6, 6.07) is 4.48.